The lowest BCUT2D eigenvalue weighted by Crippen LogP contribution is -2.22. The van der Waals surface area contributed by atoms with Crippen molar-refractivity contribution in [2.45, 2.75) is 13.0 Å². The van der Waals surface area contributed by atoms with E-state index in [0.29, 0.717) is 10.7 Å². The van der Waals surface area contributed by atoms with E-state index in [4.69, 9.17) is 28.9 Å². The summed E-state index contributed by atoms with van der Waals surface area (Å²) in [6.07, 6.45) is 0. The average Bonchev–Trinajstić information content (AvgIpc) is 2.40. The molecule has 0 bridgehead atoms. The Morgan fingerprint density at radius 2 is 1.79 bits per heavy atom. The minimum absolute atomic E-state index is 0.106. The lowest BCUT2D eigenvalue weighted by molar-refractivity contribution is 0.741. The summed E-state index contributed by atoms with van der Waals surface area (Å²) in [4.78, 5) is 2.07. The summed E-state index contributed by atoms with van der Waals surface area (Å²) in [5, 5.41) is 1.42. The van der Waals surface area contributed by atoms with E-state index < -0.39 is 0 Å². The van der Waals surface area contributed by atoms with E-state index in [9.17, 15) is 0 Å². The number of rotatable bonds is 3. The number of hydrogen-bond acceptors (Lipinski definition) is 2. The molecule has 0 amide bonds. The van der Waals surface area contributed by atoms with Gasteiger partial charge in [-0.3, -0.25) is 0 Å². The Bertz CT molecular complexity index is 584. The van der Waals surface area contributed by atoms with Gasteiger partial charge in [0.15, 0.2) is 0 Å². The van der Waals surface area contributed by atoms with Crippen molar-refractivity contribution >= 4 is 34.6 Å². The molecule has 0 aliphatic rings. The minimum atomic E-state index is 0.106. The number of benzene rings is 2. The molecule has 0 heterocycles. The number of nitrogen functional groups attached to an aromatic ring is 1. The third kappa shape index (κ3) is 2.96. The van der Waals surface area contributed by atoms with E-state index in [1.54, 1.807) is 6.07 Å². The van der Waals surface area contributed by atoms with E-state index in [-0.39, 0.29) is 6.04 Å². The first-order valence-corrected chi connectivity index (χ1v) is 6.78. The van der Waals surface area contributed by atoms with Crippen molar-refractivity contribution in [1.29, 1.82) is 0 Å². The molecule has 0 aliphatic heterocycles. The van der Waals surface area contributed by atoms with Gasteiger partial charge >= 0.3 is 0 Å². The third-order valence-electron chi connectivity index (χ3n) is 3.31. The predicted octanol–water partition coefficient (Wildman–Crippen LogP) is 4.77. The van der Waals surface area contributed by atoms with Crippen molar-refractivity contribution in [1.82, 2.24) is 0 Å². The Labute approximate surface area is 123 Å². The largest absolute Gasteiger partial charge is 0.397 e. The molecule has 2 aromatic rings. The molecule has 0 radical (unpaired) electrons. The molecule has 100 valence electrons. The maximum Gasteiger partial charge on any atom is 0.0617 e. The maximum absolute atomic E-state index is 6.24. The van der Waals surface area contributed by atoms with Crippen LogP contribution in [0.15, 0.2) is 42.5 Å². The Balaban J connectivity index is 2.36. The van der Waals surface area contributed by atoms with Crippen LogP contribution in [-0.2, 0) is 0 Å². The zero-order valence-electron chi connectivity index (χ0n) is 10.9. The molecule has 1 atom stereocenters. The van der Waals surface area contributed by atoms with Crippen LogP contribution in [0.1, 0.15) is 18.5 Å². The number of hydrogen-bond donors (Lipinski definition) is 1. The van der Waals surface area contributed by atoms with Gasteiger partial charge in [0.25, 0.3) is 0 Å². The fraction of sp³-hybridized carbons (Fsp3) is 0.200. The molecule has 0 fully saturated rings. The molecule has 0 aliphatic carbocycles. The monoisotopic (exact) mass is 294 g/mol. The van der Waals surface area contributed by atoms with E-state index in [2.05, 4.69) is 11.8 Å². The van der Waals surface area contributed by atoms with Gasteiger partial charge < -0.3 is 10.6 Å². The van der Waals surface area contributed by atoms with Gasteiger partial charge in [0.1, 0.15) is 0 Å². The van der Waals surface area contributed by atoms with Crippen LogP contribution in [0.3, 0.4) is 0 Å². The van der Waals surface area contributed by atoms with Gasteiger partial charge in [-0.2, -0.15) is 0 Å². The summed E-state index contributed by atoms with van der Waals surface area (Å²) >= 11 is 12.3. The van der Waals surface area contributed by atoms with E-state index in [1.165, 1.54) is 0 Å². The van der Waals surface area contributed by atoms with Gasteiger partial charge in [-0.15, -0.1) is 0 Å². The fourth-order valence-electron chi connectivity index (χ4n) is 2.05. The second-order valence-electron chi connectivity index (χ2n) is 4.51. The second kappa shape index (κ2) is 5.72. The van der Waals surface area contributed by atoms with Crippen LogP contribution in [-0.4, -0.2) is 7.05 Å². The van der Waals surface area contributed by atoms with Gasteiger partial charge in [0.2, 0.25) is 0 Å². The van der Waals surface area contributed by atoms with Gasteiger partial charge in [-0.1, -0.05) is 41.4 Å². The highest BCUT2D eigenvalue weighted by Gasteiger charge is 2.16. The zero-order chi connectivity index (χ0) is 14.0. The summed E-state index contributed by atoms with van der Waals surface area (Å²) in [6.45, 7) is 2.08. The Hall–Kier alpha value is -1.38. The molecule has 0 aromatic heterocycles. The van der Waals surface area contributed by atoms with Crippen molar-refractivity contribution < 1.29 is 0 Å². The lowest BCUT2D eigenvalue weighted by atomic mass is 10.1. The zero-order valence-corrected chi connectivity index (χ0v) is 12.4. The van der Waals surface area contributed by atoms with Gasteiger partial charge in [0, 0.05) is 17.1 Å². The molecule has 2 nitrogen and oxygen atoms in total. The summed E-state index contributed by atoms with van der Waals surface area (Å²) in [5.41, 5.74) is 8.67. The van der Waals surface area contributed by atoms with Crippen molar-refractivity contribution in [3.63, 3.8) is 0 Å². The summed E-state index contributed by atoms with van der Waals surface area (Å²) < 4.78 is 0. The van der Waals surface area contributed by atoms with E-state index in [1.807, 2.05) is 43.4 Å². The molecular formula is C15H16Cl2N2. The normalized spacial score (nSPS) is 12.2. The number of halogens is 2. The molecule has 0 saturated carbocycles. The number of nitrogens with two attached hydrogens (primary N) is 1. The molecule has 2 aromatic carbocycles. The van der Waals surface area contributed by atoms with Crippen LogP contribution in [0.5, 0.6) is 0 Å². The molecule has 1 unspecified atom stereocenters. The first-order valence-electron chi connectivity index (χ1n) is 6.03. The van der Waals surface area contributed by atoms with E-state index in [0.717, 1.165) is 16.3 Å². The molecular weight excluding hydrogens is 279 g/mol. The summed E-state index contributed by atoms with van der Waals surface area (Å²) in [6, 6.07) is 13.4. The van der Waals surface area contributed by atoms with Crippen molar-refractivity contribution in [3.05, 3.63) is 58.1 Å². The Kier molecular flexibility index (Phi) is 4.23. The third-order valence-corrected chi connectivity index (χ3v) is 3.89. The topological polar surface area (TPSA) is 29.3 Å². The highest BCUT2D eigenvalue weighted by molar-refractivity contribution is 6.31. The van der Waals surface area contributed by atoms with E-state index >= 15 is 0 Å². The molecule has 0 saturated heterocycles. The Morgan fingerprint density at radius 3 is 2.47 bits per heavy atom. The molecule has 2 rings (SSSR count). The quantitative estimate of drug-likeness (QED) is 0.826. The highest BCUT2D eigenvalue weighted by Crippen LogP contribution is 2.34. The highest BCUT2D eigenvalue weighted by atomic mass is 35.5. The molecule has 19 heavy (non-hydrogen) atoms. The van der Waals surface area contributed by atoms with Crippen LogP contribution in [0.2, 0.25) is 10.0 Å². The fourth-order valence-corrected chi connectivity index (χ4v) is 2.51. The van der Waals surface area contributed by atoms with Crippen molar-refractivity contribution in [2.24, 2.45) is 0 Å². The standard InChI is InChI=1S/C15H16Cl2N2/c1-10(12-5-3-4-6-13(12)17)19(2)15-9-11(16)7-8-14(15)18/h3-10H,18H2,1-2H3. The summed E-state index contributed by atoms with van der Waals surface area (Å²) in [7, 11) is 1.98. The minimum Gasteiger partial charge on any atom is -0.397 e. The van der Waals surface area contributed by atoms with Crippen molar-refractivity contribution in [3.8, 4) is 0 Å². The maximum atomic E-state index is 6.24. The average molecular weight is 295 g/mol. The van der Waals surface area contributed by atoms with Gasteiger partial charge in [-0.25, -0.2) is 0 Å². The van der Waals surface area contributed by atoms with Crippen LogP contribution in [0.4, 0.5) is 11.4 Å². The summed E-state index contributed by atoms with van der Waals surface area (Å²) in [5.74, 6) is 0. The number of anilines is 2. The predicted molar refractivity (Wildman–Crippen MR) is 84.1 cm³/mol. The van der Waals surface area contributed by atoms with Crippen molar-refractivity contribution in [2.75, 3.05) is 17.7 Å². The molecule has 0 spiro atoms. The smallest absolute Gasteiger partial charge is 0.0617 e. The first-order chi connectivity index (χ1) is 9.00. The van der Waals surface area contributed by atoms with Crippen LogP contribution >= 0.6 is 23.2 Å². The van der Waals surface area contributed by atoms with Crippen LogP contribution in [0.25, 0.3) is 0 Å². The van der Waals surface area contributed by atoms with Gasteiger partial charge in [0.05, 0.1) is 17.4 Å². The molecule has 4 heteroatoms. The lowest BCUT2D eigenvalue weighted by Gasteiger charge is -2.29. The Morgan fingerprint density at radius 1 is 1.11 bits per heavy atom. The van der Waals surface area contributed by atoms with Gasteiger partial charge in [-0.05, 0) is 36.8 Å². The SMILES string of the molecule is CC(c1ccccc1Cl)N(C)c1cc(Cl)ccc1N. The first kappa shape index (κ1) is 14.0. The van der Waals surface area contributed by atoms with Crippen LogP contribution in [0, 0.1) is 0 Å². The van der Waals surface area contributed by atoms with Crippen LogP contribution < -0.4 is 10.6 Å². The second-order valence-corrected chi connectivity index (χ2v) is 5.36. The molecule has 2 N–H and O–H groups in total. The number of nitrogens with zero attached hydrogens (tertiary/aromatic N) is 1.